The summed E-state index contributed by atoms with van der Waals surface area (Å²) in [6.07, 6.45) is 2.11. The summed E-state index contributed by atoms with van der Waals surface area (Å²) in [5.41, 5.74) is 2.14. The first kappa shape index (κ1) is 14.9. The van der Waals surface area contributed by atoms with Gasteiger partial charge in [0, 0.05) is 18.3 Å². The summed E-state index contributed by atoms with van der Waals surface area (Å²) in [6.45, 7) is 9.33. The molecule has 4 nitrogen and oxygen atoms in total. The van der Waals surface area contributed by atoms with Crippen LogP contribution in [-0.2, 0) is 16.4 Å². The average Bonchev–Trinajstić information content (AvgIpc) is 2.80. The Morgan fingerprint density at radius 1 is 1.19 bits per heavy atom. The number of aryl methyl sites for hydroxylation is 1. The fourth-order valence-electron chi connectivity index (χ4n) is 3.32. The van der Waals surface area contributed by atoms with Gasteiger partial charge in [0.25, 0.3) is 0 Å². The second-order valence-electron chi connectivity index (χ2n) is 7.35. The van der Waals surface area contributed by atoms with Gasteiger partial charge in [-0.25, -0.2) is 13.1 Å². The molecule has 1 fully saturated rings. The molecule has 5 heteroatoms. The van der Waals surface area contributed by atoms with Crippen LogP contribution in [0.5, 0.6) is 0 Å². The first-order chi connectivity index (χ1) is 9.66. The molecular formula is C16H24N2O2S. The SMILES string of the molecule is CC1(C)C(NS(=O)(=O)c2ccc3c(c2)NCCC3)C1(C)C. The van der Waals surface area contributed by atoms with E-state index in [4.69, 9.17) is 0 Å². The molecule has 21 heavy (non-hydrogen) atoms. The number of hydrogen-bond donors (Lipinski definition) is 2. The fraction of sp³-hybridized carbons (Fsp3) is 0.625. The van der Waals surface area contributed by atoms with Crippen LogP contribution in [0.1, 0.15) is 39.7 Å². The molecule has 1 heterocycles. The van der Waals surface area contributed by atoms with Crippen LogP contribution in [0.4, 0.5) is 5.69 Å². The smallest absolute Gasteiger partial charge is 0.240 e. The molecule has 1 saturated carbocycles. The van der Waals surface area contributed by atoms with Gasteiger partial charge in [0.05, 0.1) is 4.90 Å². The Bertz CT molecular complexity index is 664. The van der Waals surface area contributed by atoms with Gasteiger partial charge in [0.1, 0.15) is 0 Å². The van der Waals surface area contributed by atoms with E-state index in [1.165, 1.54) is 5.56 Å². The van der Waals surface area contributed by atoms with Crippen molar-refractivity contribution in [1.29, 1.82) is 0 Å². The predicted molar refractivity (Wildman–Crippen MR) is 84.9 cm³/mol. The van der Waals surface area contributed by atoms with Crippen molar-refractivity contribution in [3.05, 3.63) is 23.8 Å². The Hall–Kier alpha value is -1.07. The molecule has 0 unspecified atom stereocenters. The Balaban J connectivity index is 1.86. The molecule has 1 aliphatic carbocycles. The van der Waals surface area contributed by atoms with E-state index in [1.807, 2.05) is 6.07 Å². The molecule has 0 atom stereocenters. The average molecular weight is 308 g/mol. The van der Waals surface area contributed by atoms with Gasteiger partial charge in [-0.15, -0.1) is 0 Å². The Morgan fingerprint density at radius 2 is 1.86 bits per heavy atom. The lowest BCUT2D eigenvalue weighted by Gasteiger charge is -2.19. The van der Waals surface area contributed by atoms with Crippen molar-refractivity contribution in [3.8, 4) is 0 Å². The van der Waals surface area contributed by atoms with Crippen molar-refractivity contribution in [1.82, 2.24) is 4.72 Å². The molecule has 2 aliphatic rings. The lowest BCUT2D eigenvalue weighted by atomic mass is 10.0. The van der Waals surface area contributed by atoms with E-state index < -0.39 is 10.0 Å². The summed E-state index contributed by atoms with van der Waals surface area (Å²) >= 11 is 0. The topological polar surface area (TPSA) is 58.2 Å². The van der Waals surface area contributed by atoms with E-state index in [0.717, 1.165) is 25.1 Å². The molecule has 0 spiro atoms. The minimum atomic E-state index is -3.46. The number of benzene rings is 1. The van der Waals surface area contributed by atoms with Crippen LogP contribution in [-0.4, -0.2) is 21.0 Å². The summed E-state index contributed by atoms with van der Waals surface area (Å²) in [5, 5.41) is 3.28. The molecule has 0 saturated heterocycles. The fourth-order valence-corrected chi connectivity index (χ4v) is 4.88. The zero-order valence-electron chi connectivity index (χ0n) is 13.2. The van der Waals surface area contributed by atoms with Crippen molar-refractivity contribution in [3.63, 3.8) is 0 Å². The van der Waals surface area contributed by atoms with Crippen LogP contribution in [0.25, 0.3) is 0 Å². The van der Waals surface area contributed by atoms with Gasteiger partial charge in [0.2, 0.25) is 10.0 Å². The van der Waals surface area contributed by atoms with Crippen molar-refractivity contribution in [2.75, 3.05) is 11.9 Å². The van der Waals surface area contributed by atoms with E-state index in [1.54, 1.807) is 12.1 Å². The van der Waals surface area contributed by atoms with Gasteiger partial charge in [-0.2, -0.15) is 0 Å². The zero-order chi connectivity index (χ0) is 15.5. The molecule has 2 N–H and O–H groups in total. The molecular weight excluding hydrogens is 284 g/mol. The highest BCUT2D eigenvalue weighted by molar-refractivity contribution is 7.89. The molecule has 0 aromatic heterocycles. The summed E-state index contributed by atoms with van der Waals surface area (Å²) in [7, 11) is -3.46. The molecule has 116 valence electrons. The predicted octanol–water partition coefficient (Wildman–Crippen LogP) is 2.76. The van der Waals surface area contributed by atoms with Crippen molar-refractivity contribution in [2.45, 2.75) is 51.5 Å². The summed E-state index contributed by atoms with van der Waals surface area (Å²) in [5.74, 6) is 0. The third-order valence-corrected chi connectivity index (χ3v) is 7.04. The van der Waals surface area contributed by atoms with Crippen LogP contribution < -0.4 is 10.0 Å². The molecule has 3 rings (SSSR count). The van der Waals surface area contributed by atoms with Gasteiger partial charge in [-0.1, -0.05) is 33.8 Å². The molecule has 0 bridgehead atoms. The number of hydrogen-bond acceptors (Lipinski definition) is 3. The number of fused-ring (bicyclic) bond motifs is 1. The highest BCUT2D eigenvalue weighted by atomic mass is 32.2. The summed E-state index contributed by atoms with van der Waals surface area (Å²) < 4.78 is 28.1. The normalized spacial score (nSPS) is 23.2. The lowest BCUT2D eigenvalue weighted by Crippen LogP contribution is -2.30. The molecule has 1 aliphatic heterocycles. The molecule has 1 aromatic carbocycles. The quantitative estimate of drug-likeness (QED) is 0.902. The lowest BCUT2D eigenvalue weighted by molar-refractivity contribution is 0.457. The van der Waals surface area contributed by atoms with E-state index in [-0.39, 0.29) is 16.9 Å². The van der Waals surface area contributed by atoms with Crippen LogP contribution >= 0.6 is 0 Å². The number of anilines is 1. The van der Waals surface area contributed by atoms with Crippen LogP contribution in [0.2, 0.25) is 0 Å². The van der Waals surface area contributed by atoms with E-state index in [0.29, 0.717) is 4.90 Å². The van der Waals surface area contributed by atoms with Crippen LogP contribution in [0, 0.1) is 10.8 Å². The number of nitrogens with one attached hydrogen (secondary N) is 2. The van der Waals surface area contributed by atoms with Gasteiger partial charge < -0.3 is 5.32 Å². The molecule has 0 amide bonds. The van der Waals surface area contributed by atoms with E-state index in [9.17, 15) is 8.42 Å². The Kier molecular flexibility index (Phi) is 3.16. The van der Waals surface area contributed by atoms with Gasteiger partial charge >= 0.3 is 0 Å². The Morgan fingerprint density at radius 3 is 2.48 bits per heavy atom. The minimum Gasteiger partial charge on any atom is -0.385 e. The van der Waals surface area contributed by atoms with Gasteiger partial charge in [-0.05, 0) is 41.4 Å². The third-order valence-electron chi connectivity index (χ3n) is 5.62. The second-order valence-corrected chi connectivity index (χ2v) is 9.06. The summed E-state index contributed by atoms with van der Waals surface area (Å²) in [6, 6.07) is 5.40. The highest BCUT2D eigenvalue weighted by Gasteiger charge is 2.66. The number of rotatable bonds is 3. The van der Waals surface area contributed by atoms with Crippen LogP contribution in [0.3, 0.4) is 0 Å². The van der Waals surface area contributed by atoms with Crippen LogP contribution in [0.15, 0.2) is 23.1 Å². The maximum absolute atomic E-state index is 12.6. The van der Waals surface area contributed by atoms with Crippen molar-refractivity contribution < 1.29 is 8.42 Å². The van der Waals surface area contributed by atoms with Crippen molar-refractivity contribution in [2.24, 2.45) is 10.8 Å². The zero-order valence-corrected chi connectivity index (χ0v) is 14.0. The molecule has 0 radical (unpaired) electrons. The number of sulfonamides is 1. The van der Waals surface area contributed by atoms with E-state index >= 15 is 0 Å². The maximum atomic E-state index is 12.6. The Labute approximate surface area is 127 Å². The maximum Gasteiger partial charge on any atom is 0.240 e. The monoisotopic (exact) mass is 308 g/mol. The summed E-state index contributed by atoms with van der Waals surface area (Å²) in [4.78, 5) is 0.356. The first-order valence-electron chi connectivity index (χ1n) is 7.55. The standard InChI is InChI=1S/C16H24N2O2S/c1-15(2)14(16(15,3)4)18-21(19,20)12-8-7-11-6-5-9-17-13(11)10-12/h7-8,10,14,17-18H,5-6,9H2,1-4H3. The molecule has 1 aromatic rings. The van der Waals surface area contributed by atoms with Gasteiger partial charge in [0.15, 0.2) is 0 Å². The van der Waals surface area contributed by atoms with E-state index in [2.05, 4.69) is 37.7 Å². The second kappa shape index (κ2) is 4.46. The van der Waals surface area contributed by atoms with Crippen molar-refractivity contribution >= 4 is 15.7 Å². The minimum absolute atomic E-state index is 0.00741. The highest BCUT2D eigenvalue weighted by Crippen LogP contribution is 2.62. The van der Waals surface area contributed by atoms with Gasteiger partial charge in [-0.3, -0.25) is 0 Å². The third kappa shape index (κ3) is 2.27. The first-order valence-corrected chi connectivity index (χ1v) is 9.04. The largest absolute Gasteiger partial charge is 0.385 e.